The Morgan fingerprint density at radius 2 is 1.60 bits per heavy atom. The normalized spacial score (nSPS) is 27.2. The fourth-order valence-corrected chi connectivity index (χ4v) is 4.37. The van der Waals surface area contributed by atoms with E-state index in [1.54, 1.807) is 0 Å². The molecule has 25 heavy (non-hydrogen) atoms. The van der Waals surface area contributed by atoms with Gasteiger partial charge in [0.15, 0.2) is 11.6 Å². The number of nitrogens with zero attached hydrogens (tertiary/aromatic N) is 5. The first-order valence-corrected chi connectivity index (χ1v) is 9.38. The lowest BCUT2D eigenvalue weighted by molar-refractivity contribution is -0.0362. The van der Waals surface area contributed by atoms with Crippen LogP contribution >= 0.6 is 0 Å². The van der Waals surface area contributed by atoms with Gasteiger partial charge in [-0.25, -0.2) is 9.97 Å². The number of likely N-dealkylation sites (N-methyl/N-ethyl adjacent to an activating group) is 1. The quantitative estimate of drug-likeness (QED) is 0.831. The van der Waals surface area contributed by atoms with Gasteiger partial charge in [-0.15, -0.1) is 0 Å². The number of morpholine rings is 1. The van der Waals surface area contributed by atoms with Crippen molar-refractivity contribution in [3.8, 4) is 0 Å². The second-order valence-electron chi connectivity index (χ2n) is 7.42. The average Bonchev–Trinajstić information content (AvgIpc) is 3.31. The number of aromatic nitrogens is 2. The summed E-state index contributed by atoms with van der Waals surface area (Å²) in [5.41, 5.74) is 1.96. The second-order valence-corrected chi connectivity index (χ2v) is 7.42. The van der Waals surface area contributed by atoms with Gasteiger partial charge in [-0.1, -0.05) is 12.1 Å². The monoisotopic (exact) mass is 339 g/mol. The summed E-state index contributed by atoms with van der Waals surface area (Å²) in [6.45, 7) is 5.87. The topological polar surface area (TPSA) is 44.7 Å². The van der Waals surface area contributed by atoms with E-state index in [9.17, 15) is 0 Å². The molecular formula is C19H25N5O. The molecule has 3 saturated heterocycles. The Morgan fingerprint density at radius 1 is 0.920 bits per heavy atom. The Morgan fingerprint density at radius 3 is 2.28 bits per heavy atom. The number of ether oxygens (including phenoxy) is 1. The predicted molar refractivity (Wildman–Crippen MR) is 99.4 cm³/mol. The summed E-state index contributed by atoms with van der Waals surface area (Å²) < 4.78 is 6.03. The first-order valence-electron chi connectivity index (χ1n) is 9.38. The molecule has 3 aliphatic rings. The molecule has 2 atom stereocenters. The van der Waals surface area contributed by atoms with E-state index in [1.807, 2.05) is 12.1 Å². The molecule has 0 saturated carbocycles. The highest BCUT2D eigenvalue weighted by Crippen LogP contribution is 2.34. The van der Waals surface area contributed by atoms with Gasteiger partial charge in [0.25, 0.3) is 0 Å². The summed E-state index contributed by atoms with van der Waals surface area (Å²) in [5, 5.41) is 0. The molecule has 2 aromatic rings. The van der Waals surface area contributed by atoms with Gasteiger partial charge < -0.3 is 14.5 Å². The van der Waals surface area contributed by atoms with Crippen molar-refractivity contribution in [2.75, 3.05) is 56.2 Å². The first kappa shape index (κ1) is 15.3. The van der Waals surface area contributed by atoms with Crippen LogP contribution < -0.4 is 9.80 Å². The zero-order chi connectivity index (χ0) is 16.8. The van der Waals surface area contributed by atoms with Crippen LogP contribution in [0, 0.1) is 0 Å². The van der Waals surface area contributed by atoms with E-state index in [0.29, 0.717) is 6.04 Å². The Balaban J connectivity index is 1.56. The van der Waals surface area contributed by atoms with E-state index in [0.717, 1.165) is 62.0 Å². The molecule has 3 aliphatic heterocycles. The van der Waals surface area contributed by atoms with Gasteiger partial charge >= 0.3 is 0 Å². The van der Waals surface area contributed by atoms with Crippen molar-refractivity contribution in [2.45, 2.75) is 25.0 Å². The summed E-state index contributed by atoms with van der Waals surface area (Å²) in [4.78, 5) is 17.3. The van der Waals surface area contributed by atoms with E-state index in [-0.39, 0.29) is 6.10 Å². The lowest BCUT2D eigenvalue weighted by atomic mass is 10.1. The molecule has 0 N–H and O–H groups in total. The van der Waals surface area contributed by atoms with Crippen LogP contribution in [-0.4, -0.2) is 73.4 Å². The molecule has 0 amide bonds. The number of anilines is 2. The highest BCUT2D eigenvalue weighted by molar-refractivity contribution is 5.81. The molecule has 6 nitrogen and oxygen atoms in total. The van der Waals surface area contributed by atoms with Gasteiger partial charge in [-0.05, 0) is 32.0 Å². The van der Waals surface area contributed by atoms with Crippen molar-refractivity contribution in [3.63, 3.8) is 0 Å². The third-order valence-electron chi connectivity index (χ3n) is 5.82. The van der Waals surface area contributed by atoms with Gasteiger partial charge in [0.05, 0.1) is 29.8 Å². The molecule has 3 fully saturated rings. The SMILES string of the molecule is CN1CCO[C@@H]2CN(c3nc4ccccc4nc3N3CCCC3)C[C@H]21. The van der Waals surface area contributed by atoms with Crippen LogP contribution in [0.4, 0.5) is 11.6 Å². The smallest absolute Gasteiger partial charge is 0.172 e. The minimum absolute atomic E-state index is 0.276. The molecule has 0 unspecified atom stereocenters. The van der Waals surface area contributed by atoms with E-state index >= 15 is 0 Å². The molecule has 1 aromatic carbocycles. The van der Waals surface area contributed by atoms with Crippen molar-refractivity contribution in [1.29, 1.82) is 0 Å². The molecule has 6 heteroatoms. The van der Waals surface area contributed by atoms with E-state index in [4.69, 9.17) is 14.7 Å². The van der Waals surface area contributed by atoms with Crippen molar-refractivity contribution >= 4 is 22.7 Å². The van der Waals surface area contributed by atoms with Gasteiger partial charge in [0.1, 0.15) is 0 Å². The minimum atomic E-state index is 0.276. The lowest BCUT2D eigenvalue weighted by Crippen LogP contribution is -2.48. The summed E-state index contributed by atoms with van der Waals surface area (Å²) in [6, 6.07) is 8.65. The van der Waals surface area contributed by atoms with Crippen LogP contribution in [0.15, 0.2) is 24.3 Å². The maximum Gasteiger partial charge on any atom is 0.172 e. The first-order chi connectivity index (χ1) is 12.3. The zero-order valence-electron chi connectivity index (χ0n) is 14.8. The molecule has 4 heterocycles. The Kier molecular flexibility index (Phi) is 3.75. The molecule has 1 aromatic heterocycles. The van der Waals surface area contributed by atoms with Crippen LogP contribution in [0.5, 0.6) is 0 Å². The number of rotatable bonds is 2. The number of para-hydroxylation sites is 2. The summed E-state index contributed by atoms with van der Waals surface area (Å²) >= 11 is 0. The van der Waals surface area contributed by atoms with E-state index in [2.05, 4.69) is 33.9 Å². The van der Waals surface area contributed by atoms with Gasteiger partial charge in [0, 0.05) is 32.7 Å². The molecule has 5 rings (SSSR count). The Bertz CT molecular complexity index is 775. The zero-order valence-corrected chi connectivity index (χ0v) is 14.8. The molecule has 0 bridgehead atoms. The third-order valence-corrected chi connectivity index (χ3v) is 5.82. The van der Waals surface area contributed by atoms with Crippen molar-refractivity contribution in [1.82, 2.24) is 14.9 Å². The summed E-state index contributed by atoms with van der Waals surface area (Å²) in [6.07, 6.45) is 2.76. The Labute approximate surface area is 148 Å². The standard InChI is InChI=1S/C19H25N5O/c1-22-10-11-25-17-13-24(12-16(17)22)19-18(23-8-4-5-9-23)20-14-6-2-3-7-15(14)21-19/h2-3,6-7,16-17H,4-5,8-13H2,1H3/t16-,17-/m1/s1. The van der Waals surface area contributed by atoms with Crippen LogP contribution in [0.2, 0.25) is 0 Å². The van der Waals surface area contributed by atoms with E-state index in [1.165, 1.54) is 12.8 Å². The molecule has 0 aliphatic carbocycles. The number of hydrogen-bond donors (Lipinski definition) is 0. The van der Waals surface area contributed by atoms with Gasteiger partial charge in [-0.3, -0.25) is 4.90 Å². The number of fused-ring (bicyclic) bond motifs is 2. The summed E-state index contributed by atoms with van der Waals surface area (Å²) in [7, 11) is 2.21. The fourth-order valence-electron chi connectivity index (χ4n) is 4.37. The number of hydrogen-bond acceptors (Lipinski definition) is 6. The van der Waals surface area contributed by atoms with Gasteiger partial charge in [-0.2, -0.15) is 0 Å². The highest BCUT2D eigenvalue weighted by atomic mass is 16.5. The average molecular weight is 339 g/mol. The molecule has 0 spiro atoms. The van der Waals surface area contributed by atoms with Crippen molar-refractivity contribution in [2.24, 2.45) is 0 Å². The number of benzene rings is 1. The van der Waals surface area contributed by atoms with Crippen LogP contribution in [0.3, 0.4) is 0 Å². The largest absolute Gasteiger partial charge is 0.373 e. The fraction of sp³-hybridized carbons (Fsp3) is 0.579. The van der Waals surface area contributed by atoms with Crippen molar-refractivity contribution in [3.05, 3.63) is 24.3 Å². The van der Waals surface area contributed by atoms with Crippen LogP contribution in [0.1, 0.15) is 12.8 Å². The highest BCUT2D eigenvalue weighted by Gasteiger charge is 2.40. The molecule has 132 valence electrons. The molecular weight excluding hydrogens is 314 g/mol. The van der Waals surface area contributed by atoms with Crippen molar-refractivity contribution < 1.29 is 4.74 Å². The lowest BCUT2D eigenvalue weighted by Gasteiger charge is -2.33. The minimum Gasteiger partial charge on any atom is -0.373 e. The van der Waals surface area contributed by atoms with Crippen LogP contribution in [0.25, 0.3) is 11.0 Å². The second kappa shape index (κ2) is 6.11. The Hall–Kier alpha value is -1.92. The maximum atomic E-state index is 6.03. The van der Waals surface area contributed by atoms with Crippen LogP contribution in [-0.2, 0) is 4.74 Å². The summed E-state index contributed by atoms with van der Waals surface area (Å²) in [5.74, 6) is 2.09. The maximum absolute atomic E-state index is 6.03. The third kappa shape index (κ3) is 2.64. The molecule has 0 radical (unpaired) electrons. The van der Waals surface area contributed by atoms with E-state index < -0.39 is 0 Å². The predicted octanol–water partition coefficient (Wildman–Crippen LogP) is 1.75. The van der Waals surface area contributed by atoms with Gasteiger partial charge in [0.2, 0.25) is 0 Å².